The number of rotatable bonds is 3. The zero-order valence-corrected chi connectivity index (χ0v) is 12.3. The summed E-state index contributed by atoms with van der Waals surface area (Å²) >= 11 is 0. The molecule has 0 aliphatic carbocycles. The van der Waals surface area contributed by atoms with Crippen molar-refractivity contribution in [3.05, 3.63) is 0 Å². The number of carbonyl (C=O) groups is 2. The maximum atomic E-state index is 12.3. The van der Waals surface area contributed by atoms with E-state index in [-0.39, 0.29) is 30.3 Å². The number of nitrogens with one attached hydrogen (secondary N) is 2. The highest BCUT2D eigenvalue weighted by Gasteiger charge is 2.34. The van der Waals surface area contributed by atoms with Gasteiger partial charge in [-0.3, -0.25) is 9.59 Å². The number of halogens is 1. The summed E-state index contributed by atoms with van der Waals surface area (Å²) in [7, 11) is 1.64. The van der Waals surface area contributed by atoms with Crippen molar-refractivity contribution >= 4 is 24.2 Å². The van der Waals surface area contributed by atoms with E-state index in [1.54, 1.807) is 11.9 Å². The van der Waals surface area contributed by atoms with Crippen molar-refractivity contribution < 1.29 is 9.59 Å². The first-order chi connectivity index (χ1) is 8.72. The lowest BCUT2D eigenvalue weighted by Crippen LogP contribution is -2.45. The van der Waals surface area contributed by atoms with Gasteiger partial charge < -0.3 is 15.5 Å². The predicted molar refractivity (Wildman–Crippen MR) is 76.3 cm³/mol. The number of piperidine rings is 1. The van der Waals surface area contributed by atoms with Gasteiger partial charge in [0, 0.05) is 20.0 Å². The second-order valence-electron chi connectivity index (χ2n) is 5.26. The quantitative estimate of drug-likeness (QED) is 0.797. The van der Waals surface area contributed by atoms with E-state index in [1.165, 1.54) is 0 Å². The summed E-state index contributed by atoms with van der Waals surface area (Å²) in [6.45, 7) is 2.76. The molecule has 0 aromatic carbocycles. The minimum Gasteiger partial charge on any atom is -0.357 e. The molecule has 2 N–H and O–H groups in total. The van der Waals surface area contributed by atoms with Crippen molar-refractivity contribution in [3.8, 4) is 0 Å². The fourth-order valence-electron chi connectivity index (χ4n) is 2.95. The Morgan fingerprint density at radius 3 is 2.58 bits per heavy atom. The van der Waals surface area contributed by atoms with E-state index in [0.717, 1.165) is 45.3 Å². The molecule has 5 nitrogen and oxygen atoms in total. The highest BCUT2D eigenvalue weighted by molar-refractivity contribution is 5.88. The standard InChI is InChI=1S/C13H23N3O2.ClH/c1-14-13(18)11-3-2-8-16(11)12(17)9-10-4-6-15-7-5-10;/h10-11,15H,2-9H2,1H3,(H,14,18);1H. The predicted octanol–water partition coefficient (Wildman–Crippen LogP) is 0.535. The van der Waals surface area contributed by atoms with E-state index < -0.39 is 0 Å². The van der Waals surface area contributed by atoms with Crippen molar-refractivity contribution in [1.29, 1.82) is 0 Å². The van der Waals surface area contributed by atoms with Gasteiger partial charge in [0.05, 0.1) is 0 Å². The Balaban J connectivity index is 0.00000180. The third-order valence-electron chi connectivity index (χ3n) is 4.04. The van der Waals surface area contributed by atoms with Crippen molar-refractivity contribution in [2.45, 2.75) is 38.1 Å². The Hall–Kier alpha value is -0.810. The normalized spacial score (nSPS) is 23.8. The highest BCUT2D eigenvalue weighted by atomic mass is 35.5. The van der Waals surface area contributed by atoms with Gasteiger partial charge in [0.1, 0.15) is 6.04 Å². The van der Waals surface area contributed by atoms with Crippen LogP contribution in [0.5, 0.6) is 0 Å². The van der Waals surface area contributed by atoms with Crippen LogP contribution < -0.4 is 10.6 Å². The topological polar surface area (TPSA) is 61.4 Å². The van der Waals surface area contributed by atoms with E-state index in [2.05, 4.69) is 10.6 Å². The molecular weight excluding hydrogens is 266 g/mol. The number of likely N-dealkylation sites (tertiary alicyclic amines) is 1. The molecule has 1 unspecified atom stereocenters. The van der Waals surface area contributed by atoms with Crippen LogP contribution in [0.25, 0.3) is 0 Å². The second-order valence-corrected chi connectivity index (χ2v) is 5.26. The zero-order chi connectivity index (χ0) is 13.0. The zero-order valence-electron chi connectivity index (χ0n) is 11.5. The summed E-state index contributed by atoms with van der Waals surface area (Å²) in [6, 6.07) is -0.232. The van der Waals surface area contributed by atoms with Gasteiger partial charge in [-0.25, -0.2) is 0 Å². The van der Waals surface area contributed by atoms with Crippen LogP contribution in [-0.2, 0) is 9.59 Å². The molecule has 2 aliphatic heterocycles. The van der Waals surface area contributed by atoms with Gasteiger partial charge in [0.25, 0.3) is 0 Å². The van der Waals surface area contributed by atoms with Crippen LogP contribution in [0, 0.1) is 5.92 Å². The van der Waals surface area contributed by atoms with Crippen LogP contribution in [0.4, 0.5) is 0 Å². The molecule has 2 fully saturated rings. The molecule has 110 valence electrons. The monoisotopic (exact) mass is 289 g/mol. The summed E-state index contributed by atoms with van der Waals surface area (Å²) < 4.78 is 0. The molecule has 1 atom stereocenters. The molecule has 2 amide bonds. The summed E-state index contributed by atoms with van der Waals surface area (Å²) in [5.41, 5.74) is 0. The molecule has 2 saturated heterocycles. The Morgan fingerprint density at radius 1 is 1.26 bits per heavy atom. The van der Waals surface area contributed by atoms with Gasteiger partial charge in [0.15, 0.2) is 0 Å². The second kappa shape index (κ2) is 7.70. The van der Waals surface area contributed by atoms with Gasteiger partial charge in [-0.1, -0.05) is 0 Å². The SMILES string of the molecule is CNC(=O)C1CCCN1C(=O)CC1CCNCC1.Cl. The maximum Gasteiger partial charge on any atom is 0.242 e. The summed E-state index contributed by atoms with van der Waals surface area (Å²) in [5.74, 6) is 0.629. The van der Waals surface area contributed by atoms with Gasteiger partial charge in [-0.05, 0) is 44.7 Å². The van der Waals surface area contributed by atoms with Gasteiger partial charge >= 0.3 is 0 Å². The fraction of sp³-hybridized carbons (Fsp3) is 0.846. The number of carbonyl (C=O) groups excluding carboxylic acids is 2. The molecule has 0 bridgehead atoms. The molecule has 19 heavy (non-hydrogen) atoms. The average Bonchev–Trinajstić information content (AvgIpc) is 2.88. The molecular formula is C13H24ClN3O2. The van der Waals surface area contributed by atoms with Crippen LogP contribution in [0.1, 0.15) is 32.1 Å². The van der Waals surface area contributed by atoms with Gasteiger partial charge in [0.2, 0.25) is 11.8 Å². The number of amides is 2. The van der Waals surface area contributed by atoms with E-state index in [9.17, 15) is 9.59 Å². The van der Waals surface area contributed by atoms with Crippen LogP contribution in [0.3, 0.4) is 0 Å². The highest BCUT2D eigenvalue weighted by Crippen LogP contribution is 2.22. The third kappa shape index (κ3) is 4.08. The molecule has 0 radical (unpaired) electrons. The van der Waals surface area contributed by atoms with Crippen molar-refractivity contribution in [1.82, 2.24) is 15.5 Å². The number of likely N-dealkylation sites (N-methyl/N-ethyl adjacent to an activating group) is 1. The Morgan fingerprint density at radius 2 is 1.95 bits per heavy atom. The van der Waals surface area contributed by atoms with E-state index >= 15 is 0 Å². The average molecular weight is 290 g/mol. The van der Waals surface area contributed by atoms with Crippen LogP contribution in [-0.4, -0.2) is 49.4 Å². The van der Waals surface area contributed by atoms with Crippen LogP contribution >= 0.6 is 12.4 Å². The van der Waals surface area contributed by atoms with Crippen LogP contribution in [0.15, 0.2) is 0 Å². The Kier molecular flexibility index (Phi) is 6.58. The summed E-state index contributed by atoms with van der Waals surface area (Å²) in [5, 5.41) is 5.96. The summed E-state index contributed by atoms with van der Waals surface area (Å²) in [6.07, 6.45) is 4.50. The lowest BCUT2D eigenvalue weighted by atomic mass is 9.94. The van der Waals surface area contributed by atoms with Crippen molar-refractivity contribution in [3.63, 3.8) is 0 Å². The number of nitrogens with zero attached hydrogens (tertiary/aromatic N) is 1. The largest absolute Gasteiger partial charge is 0.357 e. The third-order valence-corrected chi connectivity index (χ3v) is 4.04. The molecule has 0 saturated carbocycles. The van der Waals surface area contributed by atoms with E-state index in [0.29, 0.717) is 12.3 Å². The minimum absolute atomic E-state index is 0. The molecule has 2 aliphatic rings. The first-order valence-electron chi connectivity index (χ1n) is 6.94. The minimum atomic E-state index is -0.232. The molecule has 0 aromatic heterocycles. The number of hydrogen-bond donors (Lipinski definition) is 2. The Bertz CT molecular complexity index is 319. The lowest BCUT2D eigenvalue weighted by molar-refractivity contribution is -0.139. The molecule has 6 heteroatoms. The Labute approximate surface area is 120 Å². The van der Waals surface area contributed by atoms with Gasteiger partial charge in [-0.15, -0.1) is 12.4 Å². The first-order valence-corrected chi connectivity index (χ1v) is 6.94. The first kappa shape index (κ1) is 16.2. The summed E-state index contributed by atoms with van der Waals surface area (Å²) in [4.78, 5) is 25.8. The number of hydrogen-bond acceptors (Lipinski definition) is 3. The van der Waals surface area contributed by atoms with Crippen LogP contribution in [0.2, 0.25) is 0 Å². The van der Waals surface area contributed by atoms with Gasteiger partial charge in [-0.2, -0.15) is 0 Å². The molecule has 0 aromatic rings. The van der Waals surface area contributed by atoms with E-state index in [1.807, 2.05) is 0 Å². The van der Waals surface area contributed by atoms with Crippen molar-refractivity contribution in [2.24, 2.45) is 5.92 Å². The molecule has 2 heterocycles. The smallest absolute Gasteiger partial charge is 0.242 e. The maximum absolute atomic E-state index is 12.3. The van der Waals surface area contributed by atoms with E-state index in [4.69, 9.17) is 0 Å². The fourth-order valence-corrected chi connectivity index (χ4v) is 2.95. The van der Waals surface area contributed by atoms with Crippen molar-refractivity contribution in [2.75, 3.05) is 26.7 Å². The lowest BCUT2D eigenvalue weighted by Gasteiger charge is -2.27. The molecule has 0 spiro atoms. The molecule has 2 rings (SSSR count).